The van der Waals surface area contributed by atoms with Gasteiger partial charge in [-0.05, 0) is 32.4 Å². The molecule has 1 heterocycles. The summed E-state index contributed by atoms with van der Waals surface area (Å²) in [6.07, 6.45) is 2.02. The van der Waals surface area contributed by atoms with Crippen LogP contribution in [-0.4, -0.2) is 36.1 Å². The number of nitro benzene ring substituents is 1. The van der Waals surface area contributed by atoms with E-state index in [2.05, 4.69) is 17.6 Å². The number of amides is 1. The Morgan fingerprint density at radius 2 is 2.27 bits per heavy atom. The van der Waals surface area contributed by atoms with E-state index in [-0.39, 0.29) is 36.4 Å². The molecule has 7 nitrogen and oxygen atoms in total. The van der Waals surface area contributed by atoms with Crippen molar-refractivity contribution in [1.29, 1.82) is 0 Å². The summed E-state index contributed by atoms with van der Waals surface area (Å²) < 4.78 is 5.36. The largest absolute Gasteiger partial charge is 0.486 e. The number of nitro groups is 1. The van der Waals surface area contributed by atoms with Gasteiger partial charge >= 0.3 is 5.69 Å². The van der Waals surface area contributed by atoms with E-state index in [0.29, 0.717) is 6.04 Å². The van der Waals surface area contributed by atoms with Crippen LogP contribution in [0.1, 0.15) is 26.2 Å². The molecule has 7 heteroatoms. The molecule has 0 saturated carbocycles. The van der Waals surface area contributed by atoms with Crippen molar-refractivity contribution in [2.24, 2.45) is 0 Å². The van der Waals surface area contributed by atoms with Gasteiger partial charge in [0.15, 0.2) is 5.75 Å². The molecule has 0 spiro atoms. The van der Waals surface area contributed by atoms with Gasteiger partial charge in [-0.1, -0.05) is 12.1 Å². The van der Waals surface area contributed by atoms with Crippen LogP contribution in [0.15, 0.2) is 24.3 Å². The minimum absolute atomic E-state index is 0.0855. The molecule has 1 fully saturated rings. The van der Waals surface area contributed by atoms with Crippen molar-refractivity contribution >= 4 is 11.6 Å². The first-order valence-electron chi connectivity index (χ1n) is 7.45. The molecule has 0 aliphatic carbocycles. The molecular formula is C15H21N3O4. The predicted octanol–water partition coefficient (Wildman–Crippen LogP) is 1.62. The summed E-state index contributed by atoms with van der Waals surface area (Å²) in [6, 6.07) is 6.75. The zero-order chi connectivity index (χ0) is 15.9. The number of ether oxygens (including phenoxy) is 1. The highest BCUT2D eigenvalue weighted by Crippen LogP contribution is 2.25. The van der Waals surface area contributed by atoms with Crippen LogP contribution in [-0.2, 0) is 4.79 Å². The number of nitrogens with one attached hydrogen (secondary N) is 2. The fourth-order valence-corrected chi connectivity index (χ4v) is 2.55. The van der Waals surface area contributed by atoms with E-state index < -0.39 is 4.92 Å². The molecule has 1 aromatic carbocycles. The maximum Gasteiger partial charge on any atom is 0.310 e. The Hall–Kier alpha value is -2.15. The Labute approximate surface area is 129 Å². The molecule has 120 valence electrons. The third-order valence-electron chi connectivity index (χ3n) is 3.64. The van der Waals surface area contributed by atoms with Gasteiger partial charge in [0.1, 0.15) is 0 Å². The molecule has 1 amide bonds. The quantitative estimate of drug-likeness (QED) is 0.615. The summed E-state index contributed by atoms with van der Waals surface area (Å²) in [7, 11) is 0. The fourth-order valence-electron chi connectivity index (χ4n) is 2.55. The highest BCUT2D eigenvalue weighted by atomic mass is 16.6. The van der Waals surface area contributed by atoms with Crippen LogP contribution in [0.25, 0.3) is 0 Å². The van der Waals surface area contributed by atoms with Gasteiger partial charge in [0, 0.05) is 18.2 Å². The first kappa shape index (κ1) is 16.2. The van der Waals surface area contributed by atoms with Crippen molar-refractivity contribution in [3.05, 3.63) is 34.4 Å². The third-order valence-corrected chi connectivity index (χ3v) is 3.64. The van der Waals surface area contributed by atoms with E-state index in [1.807, 2.05) is 0 Å². The molecule has 0 radical (unpaired) electrons. The Kier molecular flexibility index (Phi) is 5.71. The van der Waals surface area contributed by atoms with Crippen molar-refractivity contribution in [1.82, 2.24) is 10.6 Å². The number of rotatable bonds is 6. The van der Waals surface area contributed by atoms with Crippen LogP contribution in [0.5, 0.6) is 5.75 Å². The van der Waals surface area contributed by atoms with Gasteiger partial charge in [-0.25, -0.2) is 0 Å². The number of para-hydroxylation sites is 2. The number of piperidine rings is 1. The lowest BCUT2D eigenvalue weighted by Gasteiger charge is -2.28. The summed E-state index contributed by atoms with van der Waals surface area (Å²) >= 11 is 0. The van der Waals surface area contributed by atoms with Gasteiger partial charge < -0.3 is 15.4 Å². The molecule has 1 aliphatic heterocycles. The van der Waals surface area contributed by atoms with Gasteiger partial charge in [0.25, 0.3) is 0 Å². The highest BCUT2D eigenvalue weighted by molar-refractivity contribution is 5.76. The molecule has 2 rings (SSSR count). The Balaban J connectivity index is 1.76. The average molecular weight is 307 g/mol. The summed E-state index contributed by atoms with van der Waals surface area (Å²) in [6.45, 7) is 3.12. The SMILES string of the molecule is CC1CC(NC(=O)CCOc2ccccc2[N+](=O)[O-])CCN1. The van der Waals surface area contributed by atoms with Crippen LogP contribution in [0.4, 0.5) is 5.69 Å². The minimum atomic E-state index is -0.494. The van der Waals surface area contributed by atoms with Crippen molar-refractivity contribution < 1.29 is 14.5 Å². The zero-order valence-corrected chi connectivity index (χ0v) is 12.6. The average Bonchev–Trinajstić information content (AvgIpc) is 2.47. The van der Waals surface area contributed by atoms with E-state index >= 15 is 0 Å². The normalized spacial score (nSPS) is 21.1. The summed E-state index contributed by atoms with van der Waals surface area (Å²) in [4.78, 5) is 22.2. The van der Waals surface area contributed by atoms with Crippen molar-refractivity contribution in [2.45, 2.75) is 38.3 Å². The lowest BCUT2D eigenvalue weighted by Crippen LogP contribution is -2.46. The number of carbonyl (C=O) groups excluding carboxylic acids is 1. The fraction of sp³-hybridized carbons (Fsp3) is 0.533. The van der Waals surface area contributed by atoms with Crippen LogP contribution in [0.2, 0.25) is 0 Å². The van der Waals surface area contributed by atoms with Gasteiger partial charge in [0.05, 0.1) is 18.0 Å². The molecule has 2 atom stereocenters. The third kappa shape index (κ3) is 4.70. The first-order chi connectivity index (χ1) is 10.6. The van der Waals surface area contributed by atoms with E-state index in [1.165, 1.54) is 12.1 Å². The molecule has 2 N–H and O–H groups in total. The second-order valence-electron chi connectivity index (χ2n) is 5.47. The number of benzene rings is 1. The number of hydrogen-bond donors (Lipinski definition) is 2. The van der Waals surface area contributed by atoms with E-state index in [9.17, 15) is 14.9 Å². The molecular weight excluding hydrogens is 286 g/mol. The molecule has 1 saturated heterocycles. The zero-order valence-electron chi connectivity index (χ0n) is 12.6. The minimum Gasteiger partial charge on any atom is -0.486 e. The molecule has 1 aliphatic rings. The van der Waals surface area contributed by atoms with Crippen LogP contribution >= 0.6 is 0 Å². The Morgan fingerprint density at radius 1 is 1.50 bits per heavy atom. The first-order valence-corrected chi connectivity index (χ1v) is 7.45. The second-order valence-corrected chi connectivity index (χ2v) is 5.47. The van der Waals surface area contributed by atoms with Crippen molar-refractivity contribution in [3.63, 3.8) is 0 Å². The standard InChI is InChI=1S/C15H21N3O4/c1-11-10-12(6-8-16-11)17-15(19)7-9-22-14-5-3-2-4-13(14)18(20)21/h2-5,11-12,16H,6-10H2,1H3,(H,17,19). The summed E-state index contributed by atoms with van der Waals surface area (Å²) in [5.74, 6) is 0.105. The number of hydrogen-bond acceptors (Lipinski definition) is 5. The second kappa shape index (κ2) is 7.74. The lowest BCUT2D eigenvalue weighted by molar-refractivity contribution is -0.385. The van der Waals surface area contributed by atoms with Crippen molar-refractivity contribution in [2.75, 3.05) is 13.2 Å². The number of carbonyl (C=O) groups is 1. The van der Waals surface area contributed by atoms with Crippen LogP contribution in [0, 0.1) is 10.1 Å². The van der Waals surface area contributed by atoms with Gasteiger partial charge in [0.2, 0.25) is 5.91 Å². The lowest BCUT2D eigenvalue weighted by atomic mass is 10.0. The summed E-state index contributed by atoms with van der Waals surface area (Å²) in [5.41, 5.74) is -0.0879. The monoisotopic (exact) mass is 307 g/mol. The Bertz CT molecular complexity index is 535. The summed E-state index contributed by atoms with van der Waals surface area (Å²) in [5, 5.41) is 17.2. The predicted molar refractivity (Wildman–Crippen MR) is 81.8 cm³/mol. The molecule has 2 unspecified atom stereocenters. The molecule has 0 bridgehead atoms. The highest BCUT2D eigenvalue weighted by Gasteiger charge is 2.20. The van der Waals surface area contributed by atoms with Gasteiger partial charge in [-0.15, -0.1) is 0 Å². The van der Waals surface area contributed by atoms with Gasteiger partial charge in [-0.3, -0.25) is 14.9 Å². The van der Waals surface area contributed by atoms with Gasteiger partial charge in [-0.2, -0.15) is 0 Å². The van der Waals surface area contributed by atoms with E-state index in [4.69, 9.17) is 4.74 Å². The van der Waals surface area contributed by atoms with E-state index in [0.717, 1.165) is 19.4 Å². The molecule has 1 aromatic rings. The molecule has 22 heavy (non-hydrogen) atoms. The van der Waals surface area contributed by atoms with Crippen molar-refractivity contribution in [3.8, 4) is 5.75 Å². The smallest absolute Gasteiger partial charge is 0.310 e. The molecule has 0 aromatic heterocycles. The number of nitrogens with zero attached hydrogens (tertiary/aromatic N) is 1. The van der Waals surface area contributed by atoms with Crippen LogP contribution in [0.3, 0.4) is 0 Å². The maximum absolute atomic E-state index is 11.9. The Morgan fingerprint density at radius 3 is 3.00 bits per heavy atom. The topological polar surface area (TPSA) is 93.5 Å². The van der Waals surface area contributed by atoms with E-state index in [1.54, 1.807) is 12.1 Å². The maximum atomic E-state index is 11.9. The van der Waals surface area contributed by atoms with Crippen LogP contribution < -0.4 is 15.4 Å².